The Labute approximate surface area is 139 Å². The molecule has 24 heavy (non-hydrogen) atoms. The predicted octanol–water partition coefficient (Wildman–Crippen LogP) is 2.07. The first kappa shape index (κ1) is 16.5. The van der Waals surface area contributed by atoms with Gasteiger partial charge in [0.05, 0.1) is 18.4 Å². The molecule has 1 N–H and O–H groups in total. The molecule has 3 rings (SSSR count). The summed E-state index contributed by atoms with van der Waals surface area (Å²) in [5, 5.41) is 7.77. The van der Waals surface area contributed by atoms with Gasteiger partial charge in [-0.3, -0.25) is 0 Å². The van der Waals surface area contributed by atoms with Crippen LogP contribution in [0.25, 0.3) is 11.5 Å². The molecule has 0 aliphatic carbocycles. The molecule has 3 aromatic heterocycles. The first-order chi connectivity index (χ1) is 11.3. The van der Waals surface area contributed by atoms with Gasteiger partial charge in [-0.05, 0) is 26.0 Å². The summed E-state index contributed by atoms with van der Waals surface area (Å²) in [5.41, 5.74) is 1.74. The summed E-state index contributed by atoms with van der Waals surface area (Å²) in [6.45, 7) is 5.27. The van der Waals surface area contributed by atoms with Crippen LogP contribution < -0.4 is 4.72 Å². The van der Waals surface area contributed by atoms with Crippen LogP contribution in [0.2, 0.25) is 0 Å². The third-order valence-electron chi connectivity index (χ3n) is 3.95. The fourth-order valence-electron chi connectivity index (χ4n) is 2.55. The second-order valence-electron chi connectivity index (χ2n) is 5.46. The van der Waals surface area contributed by atoms with E-state index in [1.165, 1.54) is 6.26 Å². The molecule has 0 atom stereocenters. The lowest BCUT2D eigenvalue weighted by Gasteiger charge is -2.07. The Balaban J connectivity index is 2.07. The van der Waals surface area contributed by atoms with Gasteiger partial charge in [0.25, 0.3) is 5.89 Å². The molecule has 0 saturated carbocycles. The van der Waals surface area contributed by atoms with Gasteiger partial charge >= 0.3 is 0 Å². The fourth-order valence-corrected chi connectivity index (χ4v) is 4.05. The third-order valence-corrected chi connectivity index (χ3v) is 5.51. The molecule has 0 radical (unpaired) electrons. The SMILES string of the molecule is Cc1nnc(-c2c(S(=O)(=O)NCc3ccco3)c(C)n(C)c2C)o1. The molecule has 3 heterocycles. The van der Waals surface area contributed by atoms with E-state index in [9.17, 15) is 8.42 Å². The summed E-state index contributed by atoms with van der Waals surface area (Å²) in [7, 11) is -2.00. The van der Waals surface area contributed by atoms with Gasteiger partial charge in [-0.25, -0.2) is 13.1 Å². The summed E-state index contributed by atoms with van der Waals surface area (Å²) in [6.07, 6.45) is 1.49. The molecular formula is C15H18N4O4S. The van der Waals surface area contributed by atoms with Crippen molar-refractivity contribution >= 4 is 10.0 Å². The van der Waals surface area contributed by atoms with Crippen molar-refractivity contribution in [1.29, 1.82) is 0 Å². The summed E-state index contributed by atoms with van der Waals surface area (Å²) in [4.78, 5) is 0.137. The van der Waals surface area contributed by atoms with Gasteiger partial charge in [0.1, 0.15) is 10.7 Å². The molecule has 0 aliphatic rings. The highest BCUT2D eigenvalue weighted by Crippen LogP contribution is 2.34. The number of hydrogen-bond donors (Lipinski definition) is 1. The largest absolute Gasteiger partial charge is 0.468 e. The second-order valence-corrected chi connectivity index (χ2v) is 7.17. The Morgan fingerprint density at radius 1 is 1.21 bits per heavy atom. The van der Waals surface area contributed by atoms with Crippen molar-refractivity contribution in [2.45, 2.75) is 32.2 Å². The van der Waals surface area contributed by atoms with E-state index in [0.29, 0.717) is 22.9 Å². The first-order valence-corrected chi connectivity index (χ1v) is 8.78. The molecule has 8 nitrogen and oxygen atoms in total. The molecule has 0 amide bonds. The molecule has 0 bridgehead atoms. The lowest BCUT2D eigenvalue weighted by Crippen LogP contribution is -2.24. The quantitative estimate of drug-likeness (QED) is 0.755. The van der Waals surface area contributed by atoms with Gasteiger partial charge in [0, 0.05) is 25.4 Å². The summed E-state index contributed by atoms with van der Waals surface area (Å²) in [5.74, 6) is 1.09. The molecular weight excluding hydrogens is 332 g/mol. The number of aromatic nitrogens is 3. The van der Waals surface area contributed by atoms with Crippen LogP contribution in [0.4, 0.5) is 0 Å². The van der Waals surface area contributed by atoms with Gasteiger partial charge < -0.3 is 13.4 Å². The maximum Gasteiger partial charge on any atom is 0.250 e. The number of nitrogens with one attached hydrogen (secondary N) is 1. The van der Waals surface area contributed by atoms with E-state index in [-0.39, 0.29) is 17.3 Å². The van der Waals surface area contributed by atoms with E-state index in [2.05, 4.69) is 14.9 Å². The molecule has 0 saturated heterocycles. The van der Waals surface area contributed by atoms with Crippen LogP contribution in [-0.4, -0.2) is 23.2 Å². The Kier molecular flexibility index (Phi) is 4.06. The first-order valence-electron chi connectivity index (χ1n) is 7.29. The van der Waals surface area contributed by atoms with Crippen LogP contribution >= 0.6 is 0 Å². The van der Waals surface area contributed by atoms with Crippen LogP contribution in [0.3, 0.4) is 0 Å². The van der Waals surface area contributed by atoms with Crippen LogP contribution in [-0.2, 0) is 23.6 Å². The highest BCUT2D eigenvalue weighted by molar-refractivity contribution is 7.89. The monoisotopic (exact) mass is 350 g/mol. The normalized spacial score (nSPS) is 12.0. The van der Waals surface area contributed by atoms with E-state index in [4.69, 9.17) is 8.83 Å². The standard InChI is InChI=1S/C15H18N4O4S/c1-9-13(15-18-17-11(3)23-15)14(10(2)19(9)4)24(20,21)16-8-12-6-5-7-22-12/h5-7,16H,8H2,1-4H3. The lowest BCUT2D eigenvalue weighted by molar-refractivity contribution is 0.498. The third kappa shape index (κ3) is 2.76. The van der Waals surface area contributed by atoms with Crippen molar-refractivity contribution in [1.82, 2.24) is 19.5 Å². The number of furan rings is 1. The van der Waals surface area contributed by atoms with E-state index in [0.717, 1.165) is 5.69 Å². The van der Waals surface area contributed by atoms with E-state index in [1.807, 2.05) is 6.92 Å². The molecule has 0 spiro atoms. The van der Waals surface area contributed by atoms with Crippen LogP contribution in [0, 0.1) is 20.8 Å². The van der Waals surface area contributed by atoms with Crippen LogP contribution in [0.15, 0.2) is 32.1 Å². The van der Waals surface area contributed by atoms with E-state index >= 15 is 0 Å². The Morgan fingerprint density at radius 2 is 1.96 bits per heavy atom. The van der Waals surface area contributed by atoms with Gasteiger partial charge in [0.2, 0.25) is 15.9 Å². The molecule has 9 heteroatoms. The van der Waals surface area contributed by atoms with Crippen molar-refractivity contribution in [2.24, 2.45) is 7.05 Å². The molecule has 128 valence electrons. The van der Waals surface area contributed by atoms with Gasteiger partial charge in [-0.1, -0.05) is 0 Å². The summed E-state index contributed by atoms with van der Waals surface area (Å²) < 4.78 is 40.7. The minimum Gasteiger partial charge on any atom is -0.468 e. The maximum atomic E-state index is 12.9. The molecule has 0 unspecified atom stereocenters. The van der Waals surface area contributed by atoms with E-state index < -0.39 is 10.0 Å². The molecule has 0 aliphatic heterocycles. The average molecular weight is 350 g/mol. The van der Waals surface area contributed by atoms with Crippen LogP contribution in [0.1, 0.15) is 23.0 Å². The Morgan fingerprint density at radius 3 is 2.54 bits per heavy atom. The smallest absolute Gasteiger partial charge is 0.250 e. The van der Waals surface area contributed by atoms with Crippen molar-refractivity contribution in [3.63, 3.8) is 0 Å². The number of nitrogens with zero attached hydrogens (tertiary/aromatic N) is 3. The minimum atomic E-state index is -3.80. The lowest BCUT2D eigenvalue weighted by atomic mass is 10.2. The Hall–Kier alpha value is -2.39. The average Bonchev–Trinajstić information content (AvgIpc) is 3.23. The van der Waals surface area contributed by atoms with Gasteiger partial charge in [-0.2, -0.15) is 0 Å². The van der Waals surface area contributed by atoms with Crippen LogP contribution in [0.5, 0.6) is 0 Å². The number of rotatable bonds is 5. The number of sulfonamides is 1. The molecule has 0 aromatic carbocycles. The number of aryl methyl sites for hydroxylation is 1. The van der Waals surface area contributed by atoms with Crippen molar-refractivity contribution in [3.8, 4) is 11.5 Å². The molecule has 3 aromatic rings. The Bertz CT molecular complexity index is 968. The highest BCUT2D eigenvalue weighted by atomic mass is 32.2. The second kappa shape index (κ2) is 5.91. The highest BCUT2D eigenvalue weighted by Gasteiger charge is 2.30. The summed E-state index contributed by atoms with van der Waals surface area (Å²) >= 11 is 0. The zero-order valence-electron chi connectivity index (χ0n) is 13.8. The maximum absolute atomic E-state index is 12.9. The van der Waals surface area contributed by atoms with Gasteiger partial charge in [0.15, 0.2) is 0 Å². The predicted molar refractivity (Wildman–Crippen MR) is 85.6 cm³/mol. The number of hydrogen-bond acceptors (Lipinski definition) is 6. The van der Waals surface area contributed by atoms with Crippen molar-refractivity contribution < 1.29 is 17.3 Å². The molecule has 0 fully saturated rings. The minimum absolute atomic E-state index is 0.0605. The fraction of sp³-hybridized carbons (Fsp3) is 0.333. The zero-order valence-corrected chi connectivity index (χ0v) is 14.6. The topological polar surface area (TPSA) is 103 Å². The zero-order chi connectivity index (χ0) is 17.5. The summed E-state index contributed by atoms with van der Waals surface area (Å²) in [6, 6.07) is 3.40. The van der Waals surface area contributed by atoms with Gasteiger partial charge in [-0.15, -0.1) is 10.2 Å². The van der Waals surface area contributed by atoms with Crippen molar-refractivity contribution in [2.75, 3.05) is 0 Å². The van der Waals surface area contributed by atoms with E-state index in [1.54, 1.807) is 37.6 Å². The van der Waals surface area contributed by atoms with Crippen molar-refractivity contribution in [3.05, 3.63) is 41.4 Å².